The van der Waals surface area contributed by atoms with Gasteiger partial charge in [-0.3, -0.25) is 0 Å². The highest BCUT2D eigenvalue weighted by molar-refractivity contribution is 5.56. The van der Waals surface area contributed by atoms with E-state index in [1.807, 2.05) is 25.1 Å². The van der Waals surface area contributed by atoms with Crippen LogP contribution in [-0.4, -0.2) is 6.54 Å². The van der Waals surface area contributed by atoms with Crippen LogP contribution >= 0.6 is 0 Å². The van der Waals surface area contributed by atoms with Crippen LogP contribution < -0.4 is 5.32 Å². The summed E-state index contributed by atoms with van der Waals surface area (Å²) in [4.78, 5) is 0. The molecule has 0 aromatic heterocycles. The highest BCUT2D eigenvalue weighted by Gasteiger charge is 1.95. The number of rotatable bonds is 2. The summed E-state index contributed by atoms with van der Waals surface area (Å²) in [5.41, 5.74) is 1.62. The van der Waals surface area contributed by atoms with Crippen molar-refractivity contribution in [3.05, 3.63) is 29.8 Å². The lowest BCUT2D eigenvalue weighted by atomic mass is 10.2. The summed E-state index contributed by atoms with van der Waals surface area (Å²) in [7, 11) is 0. The number of nitrogens with one attached hydrogen (secondary N) is 1. The highest BCUT2D eigenvalue weighted by Crippen LogP contribution is 2.12. The second kappa shape index (κ2) is 3.62. The van der Waals surface area contributed by atoms with Gasteiger partial charge in [0.1, 0.15) is 6.07 Å². The molecule has 0 aliphatic heterocycles. The number of hydrogen-bond donors (Lipinski definition) is 1. The number of nitrogens with zero attached hydrogens (tertiary/aromatic N) is 1. The molecule has 0 atom stereocenters. The Hall–Kier alpha value is -1.49. The molecule has 56 valence electrons. The maximum Gasteiger partial charge on any atom is 0.101 e. The van der Waals surface area contributed by atoms with E-state index >= 15 is 0 Å². The molecule has 0 radical (unpaired) electrons. The minimum atomic E-state index is 0.703. The van der Waals surface area contributed by atoms with E-state index in [0.29, 0.717) is 5.56 Å². The summed E-state index contributed by atoms with van der Waals surface area (Å²) < 4.78 is 0. The molecule has 1 aromatic carbocycles. The van der Waals surface area contributed by atoms with Crippen LogP contribution in [0.3, 0.4) is 0 Å². The normalized spacial score (nSPS) is 8.73. The van der Waals surface area contributed by atoms with E-state index in [0.717, 1.165) is 12.2 Å². The molecule has 1 rings (SSSR count). The van der Waals surface area contributed by atoms with Crippen molar-refractivity contribution >= 4 is 5.69 Å². The van der Waals surface area contributed by atoms with E-state index in [2.05, 4.69) is 11.4 Å². The molecule has 0 heterocycles. The average molecular weight is 146 g/mol. The predicted octanol–water partition coefficient (Wildman–Crippen LogP) is 1.99. The summed E-state index contributed by atoms with van der Waals surface area (Å²) >= 11 is 0. The Kier molecular flexibility index (Phi) is 2.51. The van der Waals surface area contributed by atoms with Crippen molar-refractivity contribution in [2.75, 3.05) is 11.9 Å². The minimum absolute atomic E-state index is 0.703. The third-order valence-corrected chi connectivity index (χ3v) is 1.41. The standard InChI is InChI=1S/C9H10N2/c1-2-11-9-6-4-3-5-8(9)7-10/h3-6,11H,2H2,1H3. The van der Waals surface area contributed by atoms with Crippen LogP contribution in [0.2, 0.25) is 0 Å². The molecule has 0 saturated heterocycles. The third-order valence-electron chi connectivity index (χ3n) is 1.41. The highest BCUT2D eigenvalue weighted by atomic mass is 14.9. The van der Waals surface area contributed by atoms with Crippen LogP contribution in [0.1, 0.15) is 12.5 Å². The fourth-order valence-corrected chi connectivity index (χ4v) is 0.925. The first kappa shape index (κ1) is 7.62. The Balaban J connectivity index is 2.95. The molecule has 2 heteroatoms. The van der Waals surface area contributed by atoms with Gasteiger partial charge in [0.2, 0.25) is 0 Å². The van der Waals surface area contributed by atoms with Crippen LogP contribution in [-0.2, 0) is 0 Å². The van der Waals surface area contributed by atoms with E-state index in [9.17, 15) is 0 Å². The summed E-state index contributed by atoms with van der Waals surface area (Å²) in [5.74, 6) is 0. The lowest BCUT2D eigenvalue weighted by molar-refractivity contribution is 1.21. The first-order chi connectivity index (χ1) is 5.38. The Morgan fingerprint density at radius 2 is 2.18 bits per heavy atom. The molecule has 0 aliphatic rings. The van der Waals surface area contributed by atoms with Crippen LogP contribution in [0.5, 0.6) is 0 Å². The summed E-state index contributed by atoms with van der Waals surface area (Å²) in [5, 5.41) is 11.8. The molecule has 0 fully saturated rings. The molecule has 0 unspecified atom stereocenters. The average Bonchev–Trinajstić information content (AvgIpc) is 2.06. The maximum atomic E-state index is 8.66. The SMILES string of the molecule is CCNc1ccccc1C#N. The van der Waals surface area contributed by atoms with Gasteiger partial charge < -0.3 is 5.32 Å². The molecule has 0 aliphatic carbocycles. The van der Waals surface area contributed by atoms with Gasteiger partial charge in [-0.1, -0.05) is 12.1 Å². The Morgan fingerprint density at radius 1 is 1.45 bits per heavy atom. The fraction of sp³-hybridized carbons (Fsp3) is 0.222. The number of para-hydroxylation sites is 1. The van der Waals surface area contributed by atoms with Crippen molar-refractivity contribution < 1.29 is 0 Å². The van der Waals surface area contributed by atoms with Gasteiger partial charge in [-0.15, -0.1) is 0 Å². The molecule has 2 nitrogen and oxygen atoms in total. The molecule has 1 aromatic rings. The molecule has 11 heavy (non-hydrogen) atoms. The first-order valence-corrected chi connectivity index (χ1v) is 3.61. The fourth-order valence-electron chi connectivity index (χ4n) is 0.925. The molecule has 0 saturated carbocycles. The summed E-state index contributed by atoms with van der Waals surface area (Å²) in [6.45, 7) is 2.85. The van der Waals surface area contributed by atoms with Crippen molar-refractivity contribution in [2.45, 2.75) is 6.92 Å². The Morgan fingerprint density at radius 3 is 2.82 bits per heavy atom. The van der Waals surface area contributed by atoms with Crippen LogP contribution in [0, 0.1) is 11.3 Å². The second-order valence-electron chi connectivity index (χ2n) is 2.19. The van der Waals surface area contributed by atoms with Crippen molar-refractivity contribution in [3.8, 4) is 6.07 Å². The van der Waals surface area contributed by atoms with Crippen molar-refractivity contribution in [3.63, 3.8) is 0 Å². The van der Waals surface area contributed by atoms with E-state index in [-0.39, 0.29) is 0 Å². The van der Waals surface area contributed by atoms with Gasteiger partial charge in [-0.25, -0.2) is 0 Å². The molecular formula is C9H10N2. The van der Waals surface area contributed by atoms with Crippen molar-refractivity contribution in [1.82, 2.24) is 0 Å². The smallest absolute Gasteiger partial charge is 0.101 e. The van der Waals surface area contributed by atoms with Gasteiger partial charge in [0.25, 0.3) is 0 Å². The molecule has 0 spiro atoms. The van der Waals surface area contributed by atoms with Gasteiger partial charge >= 0.3 is 0 Å². The van der Waals surface area contributed by atoms with Gasteiger partial charge in [-0.05, 0) is 19.1 Å². The van der Waals surface area contributed by atoms with Crippen LogP contribution in [0.25, 0.3) is 0 Å². The predicted molar refractivity (Wildman–Crippen MR) is 45.3 cm³/mol. The number of benzene rings is 1. The van der Waals surface area contributed by atoms with Gasteiger partial charge in [-0.2, -0.15) is 5.26 Å². The second-order valence-corrected chi connectivity index (χ2v) is 2.19. The van der Waals surface area contributed by atoms with Gasteiger partial charge in [0, 0.05) is 6.54 Å². The zero-order valence-electron chi connectivity index (χ0n) is 6.46. The maximum absolute atomic E-state index is 8.66. The number of hydrogen-bond acceptors (Lipinski definition) is 2. The molecule has 0 amide bonds. The molecule has 0 bridgehead atoms. The van der Waals surface area contributed by atoms with Crippen LogP contribution in [0.4, 0.5) is 5.69 Å². The Labute approximate surface area is 66.5 Å². The third kappa shape index (κ3) is 1.71. The quantitative estimate of drug-likeness (QED) is 0.692. The lowest BCUT2D eigenvalue weighted by Crippen LogP contribution is -1.98. The lowest BCUT2D eigenvalue weighted by Gasteiger charge is -2.03. The van der Waals surface area contributed by atoms with E-state index < -0.39 is 0 Å². The largest absolute Gasteiger partial charge is 0.384 e. The monoisotopic (exact) mass is 146 g/mol. The Bertz CT molecular complexity index is 273. The van der Waals surface area contributed by atoms with E-state index in [1.165, 1.54) is 0 Å². The van der Waals surface area contributed by atoms with Gasteiger partial charge in [0.15, 0.2) is 0 Å². The van der Waals surface area contributed by atoms with Gasteiger partial charge in [0.05, 0.1) is 11.3 Å². The summed E-state index contributed by atoms with van der Waals surface area (Å²) in [6, 6.07) is 9.60. The zero-order chi connectivity index (χ0) is 8.10. The van der Waals surface area contributed by atoms with Crippen molar-refractivity contribution in [2.24, 2.45) is 0 Å². The van der Waals surface area contributed by atoms with Crippen molar-refractivity contribution in [1.29, 1.82) is 5.26 Å². The number of anilines is 1. The first-order valence-electron chi connectivity index (χ1n) is 3.61. The zero-order valence-corrected chi connectivity index (χ0v) is 6.46. The van der Waals surface area contributed by atoms with E-state index in [4.69, 9.17) is 5.26 Å². The molecule has 1 N–H and O–H groups in total. The molecular weight excluding hydrogens is 136 g/mol. The number of nitriles is 1. The van der Waals surface area contributed by atoms with Crippen LogP contribution in [0.15, 0.2) is 24.3 Å². The minimum Gasteiger partial charge on any atom is -0.384 e. The van der Waals surface area contributed by atoms with E-state index in [1.54, 1.807) is 6.07 Å². The summed E-state index contributed by atoms with van der Waals surface area (Å²) in [6.07, 6.45) is 0. The topological polar surface area (TPSA) is 35.8 Å².